The van der Waals surface area contributed by atoms with Crippen molar-refractivity contribution in [3.63, 3.8) is 0 Å². The molecular formula is C26H25FN8O2. The van der Waals surface area contributed by atoms with Gasteiger partial charge in [0.15, 0.2) is 0 Å². The van der Waals surface area contributed by atoms with Crippen LogP contribution in [0.1, 0.15) is 0 Å². The van der Waals surface area contributed by atoms with Crippen LogP contribution in [0.25, 0.3) is 22.2 Å². The molecule has 188 valence electrons. The fourth-order valence-corrected chi connectivity index (χ4v) is 4.06. The minimum Gasteiger partial charge on any atom is -0.373 e. The number of carbonyl (C=O) groups is 1. The highest BCUT2D eigenvalue weighted by Gasteiger charge is 2.20. The van der Waals surface area contributed by atoms with Gasteiger partial charge in [0, 0.05) is 43.1 Å². The third-order valence-corrected chi connectivity index (χ3v) is 5.90. The number of hydrogen-bond acceptors (Lipinski definition) is 9. The summed E-state index contributed by atoms with van der Waals surface area (Å²) < 4.78 is 20.7. The predicted octanol–water partition coefficient (Wildman–Crippen LogP) is 3.26. The summed E-state index contributed by atoms with van der Waals surface area (Å²) >= 11 is 0. The van der Waals surface area contributed by atoms with Gasteiger partial charge in [-0.3, -0.25) is 9.78 Å². The second-order valence-electron chi connectivity index (χ2n) is 8.38. The molecule has 11 heteroatoms. The number of amides is 1. The molecule has 0 radical (unpaired) electrons. The van der Waals surface area contributed by atoms with Crippen molar-refractivity contribution in [2.45, 2.75) is 6.10 Å². The Bertz CT molecular complexity index is 1450. The third kappa shape index (κ3) is 5.37. The molecule has 4 N–H and O–H groups in total. The van der Waals surface area contributed by atoms with Crippen molar-refractivity contribution in [2.24, 2.45) is 5.73 Å². The molecule has 1 aliphatic heterocycles. The zero-order chi connectivity index (χ0) is 25.8. The normalized spacial score (nSPS) is 15.4. The van der Waals surface area contributed by atoms with Crippen LogP contribution in [0.2, 0.25) is 0 Å². The Labute approximate surface area is 212 Å². The second kappa shape index (κ2) is 10.6. The molecular weight excluding hydrogens is 475 g/mol. The highest BCUT2D eigenvalue weighted by Crippen LogP contribution is 2.31. The van der Waals surface area contributed by atoms with Crippen molar-refractivity contribution in [3.8, 4) is 11.3 Å². The number of nitrogens with zero attached hydrogens (tertiary/aromatic N) is 5. The fraction of sp³-hybridized carbons (Fsp3) is 0.192. The van der Waals surface area contributed by atoms with Gasteiger partial charge in [0.2, 0.25) is 11.9 Å². The summed E-state index contributed by atoms with van der Waals surface area (Å²) in [7, 11) is 0. The van der Waals surface area contributed by atoms with Gasteiger partial charge < -0.3 is 26.0 Å². The summed E-state index contributed by atoms with van der Waals surface area (Å²) in [5, 5.41) is 6.43. The van der Waals surface area contributed by atoms with Crippen molar-refractivity contribution in [1.82, 2.24) is 19.9 Å². The lowest BCUT2D eigenvalue weighted by molar-refractivity contribution is -0.111. The number of rotatable bonds is 7. The first-order valence-corrected chi connectivity index (χ1v) is 11.7. The topological polar surface area (TPSA) is 131 Å². The molecule has 1 atom stereocenters. The molecule has 0 saturated carbocycles. The van der Waals surface area contributed by atoms with Gasteiger partial charge in [-0.25, -0.2) is 19.3 Å². The first-order valence-electron chi connectivity index (χ1n) is 11.7. The SMILES string of the molecule is C=CC(=O)Nc1ccnc(-c2c(F)ccc3cnc(Nc4ccc(N5CCOC(CN)C5)nc4)nc23)c1. The fourth-order valence-electron chi connectivity index (χ4n) is 4.06. The maximum absolute atomic E-state index is 15.0. The predicted molar refractivity (Wildman–Crippen MR) is 140 cm³/mol. The summed E-state index contributed by atoms with van der Waals surface area (Å²) in [6, 6.07) is 9.92. The highest BCUT2D eigenvalue weighted by molar-refractivity contribution is 6.00. The number of aromatic nitrogens is 4. The average Bonchev–Trinajstić information content (AvgIpc) is 2.93. The Morgan fingerprint density at radius 1 is 1.19 bits per heavy atom. The number of hydrogen-bond donors (Lipinski definition) is 3. The van der Waals surface area contributed by atoms with E-state index in [0.29, 0.717) is 47.7 Å². The van der Waals surface area contributed by atoms with Gasteiger partial charge in [0.25, 0.3) is 0 Å². The van der Waals surface area contributed by atoms with Gasteiger partial charge in [-0.2, -0.15) is 0 Å². The Kier molecular flexibility index (Phi) is 6.97. The van der Waals surface area contributed by atoms with Crippen LogP contribution in [-0.4, -0.2) is 58.2 Å². The van der Waals surface area contributed by atoms with E-state index in [-0.39, 0.29) is 23.5 Å². The van der Waals surface area contributed by atoms with Gasteiger partial charge in [-0.05, 0) is 42.5 Å². The molecule has 1 saturated heterocycles. The number of carbonyl (C=O) groups excluding carboxylic acids is 1. The number of pyridine rings is 2. The number of halogens is 1. The summed E-state index contributed by atoms with van der Waals surface area (Å²) in [5.41, 5.74) is 7.78. The molecule has 4 heterocycles. The maximum Gasteiger partial charge on any atom is 0.247 e. The summed E-state index contributed by atoms with van der Waals surface area (Å²) in [4.78, 5) is 31.6. The minimum absolute atomic E-state index is 0.0117. The first-order chi connectivity index (χ1) is 18.0. The van der Waals surface area contributed by atoms with Crippen molar-refractivity contribution < 1.29 is 13.9 Å². The largest absolute Gasteiger partial charge is 0.373 e. The first kappa shape index (κ1) is 24.2. The standard InChI is InChI=1S/C26H25FN8O2/c1-2-23(36)32-17-7-8-29-21(11-17)24-20(27)5-3-16-13-31-26(34-25(16)24)33-18-4-6-22(30-14-18)35-9-10-37-19(12-28)15-35/h2-8,11,13-14,19H,1,9-10,12,15,28H2,(H,29,32,36)(H,31,33,34). The van der Waals surface area contributed by atoms with E-state index in [9.17, 15) is 4.79 Å². The molecule has 0 bridgehead atoms. The van der Waals surface area contributed by atoms with Crippen LogP contribution in [-0.2, 0) is 9.53 Å². The van der Waals surface area contributed by atoms with E-state index in [1.54, 1.807) is 30.6 Å². The zero-order valence-electron chi connectivity index (χ0n) is 19.9. The Balaban J connectivity index is 1.42. The zero-order valence-corrected chi connectivity index (χ0v) is 19.9. The minimum atomic E-state index is -0.496. The number of anilines is 4. The lowest BCUT2D eigenvalue weighted by Gasteiger charge is -2.33. The molecule has 10 nitrogen and oxygen atoms in total. The molecule has 5 rings (SSSR count). The molecule has 1 fully saturated rings. The van der Waals surface area contributed by atoms with E-state index in [1.807, 2.05) is 12.1 Å². The van der Waals surface area contributed by atoms with Crippen LogP contribution in [0.15, 0.2) is 67.6 Å². The Hall–Kier alpha value is -4.48. The van der Waals surface area contributed by atoms with Crippen molar-refractivity contribution in [2.75, 3.05) is 41.8 Å². The number of ether oxygens (including phenoxy) is 1. The van der Waals surface area contributed by atoms with Crippen LogP contribution in [0.3, 0.4) is 0 Å². The van der Waals surface area contributed by atoms with Crippen molar-refractivity contribution in [1.29, 1.82) is 0 Å². The van der Waals surface area contributed by atoms with Gasteiger partial charge in [-0.15, -0.1) is 0 Å². The van der Waals surface area contributed by atoms with E-state index in [4.69, 9.17) is 10.5 Å². The van der Waals surface area contributed by atoms with Crippen LogP contribution in [0.5, 0.6) is 0 Å². The molecule has 3 aromatic heterocycles. The molecule has 4 aromatic rings. The van der Waals surface area contributed by atoms with Crippen LogP contribution in [0, 0.1) is 5.82 Å². The summed E-state index contributed by atoms with van der Waals surface area (Å²) in [6.45, 7) is 5.93. The lowest BCUT2D eigenvalue weighted by Crippen LogP contribution is -2.46. The number of morpholine rings is 1. The monoisotopic (exact) mass is 500 g/mol. The molecule has 1 amide bonds. The van der Waals surface area contributed by atoms with Gasteiger partial charge in [0.1, 0.15) is 11.6 Å². The van der Waals surface area contributed by atoms with Crippen molar-refractivity contribution >= 4 is 40.0 Å². The summed E-state index contributed by atoms with van der Waals surface area (Å²) in [5.74, 6) is 0.228. The third-order valence-electron chi connectivity index (χ3n) is 5.90. The van der Waals surface area contributed by atoms with E-state index in [2.05, 4.69) is 42.0 Å². The lowest BCUT2D eigenvalue weighted by atomic mass is 10.1. The molecule has 1 unspecified atom stereocenters. The van der Waals surface area contributed by atoms with Crippen LogP contribution in [0.4, 0.5) is 27.5 Å². The van der Waals surface area contributed by atoms with Crippen LogP contribution >= 0.6 is 0 Å². The second-order valence-corrected chi connectivity index (χ2v) is 8.38. The molecule has 37 heavy (non-hydrogen) atoms. The van der Waals surface area contributed by atoms with E-state index in [1.165, 1.54) is 12.3 Å². The van der Waals surface area contributed by atoms with Gasteiger partial charge in [0.05, 0.1) is 41.4 Å². The van der Waals surface area contributed by atoms with Gasteiger partial charge >= 0.3 is 0 Å². The number of nitrogens with one attached hydrogen (secondary N) is 2. The summed E-state index contributed by atoms with van der Waals surface area (Å²) in [6.07, 6.45) is 5.93. The maximum atomic E-state index is 15.0. The molecule has 0 aliphatic carbocycles. The Morgan fingerprint density at radius 3 is 2.86 bits per heavy atom. The average molecular weight is 501 g/mol. The number of nitrogens with two attached hydrogens (primary N) is 1. The highest BCUT2D eigenvalue weighted by atomic mass is 19.1. The molecule has 1 aliphatic rings. The van der Waals surface area contributed by atoms with E-state index >= 15 is 4.39 Å². The van der Waals surface area contributed by atoms with Crippen LogP contribution < -0.4 is 21.3 Å². The number of fused-ring (bicyclic) bond motifs is 1. The Morgan fingerprint density at radius 2 is 2.08 bits per heavy atom. The number of benzene rings is 1. The van der Waals surface area contributed by atoms with E-state index < -0.39 is 5.82 Å². The van der Waals surface area contributed by atoms with Gasteiger partial charge in [-0.1, -0.05) is 6.58 Å². The quantitative estimate of drug-likeness (QED) is 0.327. The van der Waals surface area contributed by atoms with Crippen molar-refractivity contribution in [3.05, 3.63) is 73.5 Å². The molecule has 1 aromatic carbocycles. The molecule has 0 spiro atoms. The van der Waals surface area contributed by atoms with E-state index in [0.717, 1.165) is 18.4 Å². The smallest absolute Gasteiger partial charge is 0.247 e.